The number of aliphatic hydroxyl groups excluding tert-OH is 1. The molecular formula is C22H25NO7. The number of carbonyl (C=O) groups excluding carboxylic acids is 3. The van der Waals surface area contributed by atoms with Gasteiger partial charge < -0.3 is 19.7 Å². The van der Waals surface area contributed by atoms with Gasteiger partial charge in [0.25, 0.3) is 5.91 Å². The lowest BCUT2D eigenvalue weighted by Gasteiger charge is -2.51. The Hall–Kier alpha value is -2.45. The minimum atomic E-state index is -1.71. The Bertz CT molecular complexity index is 956. The zero-order valence-electron chi connectivity index (χ0n) is 17.1. The number of hydrogen-bond acceptors (Lipinski definition) is 7. The number of esters is 2. The van der Waals surface area contributed by atoms with E-state index in [-0.39, 0.29) is 19.4 Å². The number of likely N-dealkylation sites (tertiary alicyclic amines) is 1. The summed E-state index contributed by atoms with van der Waals surface area (Å²) < 4.78 is 11.2. The molecule has 5 rings (SSSR count). The highest BCUT2D eigenvalue weighted by atomic mass is 16.6. The number of amides is 1. The smallest absolute Gasteiger partial charge is 0.319 e. The number of hydrogen-bond donors (Lipinski definition) is 2. The van der Waals surface area contributed by atoms with Crippen LogP contribution in [-0.4, -0.2) is 57.0 Å². The van der Waals surface area contributed by atoms with Gasteiger partial charge in [-0.2, -0.15) is 0 Å². The number of benzene rings is 1. The van der Waals surface area contributed by atoms with Gasteiger partial charge in [-0.05, 0) is 11.0 Å². The fourth-order valence-corrected chi connectivity index (χ4v) is 6.42. The van der Waals surface area contributed by atoms with Crippen molar-refractivity contribution in [3.63, 3.8) is 0 Å². The molecule has 1 saturated carbocycles. The van der Waals surface area contributed by atoms with Crippen LogP contribution in [0.1, 0.15) is 39.2 Å². The molecule has 0 bridgehead atoms. The molecule has 4 aliphatic rings. The highest BCUT2D eigenvalue weighted by Crippen LogP contribution is 2.75. The van der Waals surface area contributed by atoms with Crippen LogP contribution in [0.4, 0.5) is 0 Å². The molecule has 0 aromatic heterocycles. The molecular weight excluding hydrogens is 390 g/mol. The third kappa shape index (κ3) is 1.88. The molecule has 8 heteroatoms. The largest absolute Gasteiger partial charge is 0.461 e. The Balaban J connectivity index is 1.72. The molecule has 30 heavy (non-hydrogen) atoms. The van der Waals surface area contributed by atoms with E-state index in [1.165, 1.54) is 4.90 Å². The molecule has 0 radical (unpaired) electrons. The Labute approximate surface area is 173 Å². The van der Waals surface area contributed by atoms with Gasteiger partial charge in [0.1, 0.15) is 23.0 Å². The highest BCUT2D eigenvalue weighted by Gasteiger charge is 2.92. The molecule has 1 aromatic rings. The van der Waals surface area contributed by atoms with Gasteiger partial charge in [0.2, 0.25) is 0 Å². The third-order valence-corrected chi connectivity index (χ3v) is 7.79. The predicted molar refractivity (Wildman–Crippen MR) is 101 cm³/mol. The van der Waals surface area contributed by atoms with Crippen molar-refractivity contribution in [1.82, 2.24) is 4.90 Å². The third-order valence-electron chi connectivity index (χ3n) is 7.79. The number of carbonyl (C=O) groups is 3. The summed E-state index contributed by atoms with van der Waals surface area (Å²) in [6, 6.07) is 9.15. The second kappa shape index (κ2) is 5.62. The van der Waals surface area contributed by atoms with Crippen LogP contribution in [0.25, 0.3) is 0 Å². The van der Waals surface area contributed by atoms with E-state index in [1.807, 2.05) is 30.3 Å². The van der Waals surface area contributed by atoms with Crippen LogP contribution in [0.3, 0.4) is 0 Å². The van der Waals surface area contributed by atoms with Crippen molar-refractivity contribution in [3.05, 3.63) is 35.9 Å². The number of aliphatic hydroxyl groups is 2. The van der Waals surface area contributed by atoms with Gasteiger partial charge in [-0.1, -0.05) is 51.1 Å². The standard InChI is InChI=1S/C22H25NO7/c1-19(2,3)21(28)9-13-20(10-14(24)29-13)18(27)30-17-22(20,21)15(25)16(26)23(17)11-12-7-5-4-6-8-12/h4-8,13,15,17,25,28H,9-11H2,1-3H3/t13-,15-,17-,20-,21+,22+/m0/s1. The predicted octanol–water partition coefficient (Wildman–Crippen LogP) is 0.742. The van der Waals surface area contributed by atoms with Gasteiger partial charge >= 0.3 is 11.9 Å². The topological polar surface area (TPSA) is 113 Å². The van der Waals surface area contributed by atoms with Crippen LogP contribution in [0.5, 0.6) is 0 Å². The van der Waals surface area contributed by atoms with Crippen molar-refractivity contribution >= 4 is 17.8 Å². The Morgan fingerprint density at radius 1 is 1.13 bits per heavy atom. The van der Waals surface area contributed by atoms with Gasteiger partial charge in [-0.15, -0.1) is 0 Å². The van der Waals surface area contributed by atoms with E-state index in [0.29, 0.717) is 0 Å². The second-order valence-corrected chi connectivity index (χ2v) is 9.92. The second-order valence-electron chi connectivity index (χ2n) is 9.92. The molecule has 1 aromatic carbocycles. The van der Waals surface area contributed by atoms with Crippen LogP contribution < -0.4 is 0 Å². The average Bonchev–Trinajstić information content (AvgIpc) is 3.27. The van der Waals surface area contributed by atoms with Crippen molar-refractivity contribution in [1.29, 1.82) is 0 Å². The quantitative estimate of drug-likeness (QED) is 0.685. The van der Waals surface area contributed by atoms with Crippen LogP contribution >= 0.6 is 0 Å². The van der Waals surface area contributed by atoms with E-state index in [4.69, 9.17) is 9.47 Å². The fraction of sp³-hybridized carbons (Fsp3) is 0.591. The molecule has 3 heterocycles. The van der Waals surface area contributed by atoms with Gasteiger partial charge in [-0.3, -0.25) is 19.3 Å². The Morgan fingerprint density at radius 3 is 2.43 bits per heavy atom. The van der Waals surface area contributed by atoms with Crippen molar-refractivity contribution < 1.29 is 34.1 Å². The Kier molecular flexibility index (Phi) is 3.65. The summed E-state index contributed by atoms with van der Waals surface area (Å²) in [5, 5.41) is 23.4. The van der Waals surface area contributed by atoms with E-state index < -0.39 is 58.1 Å². The van der Waals surface area contributed by atoms with Crippen LogP contribution in [0, 0.1) is 16.2 Å². The van der Waals surface area contributed by atoms with E-state index in [0.717, 1.165) is 5.56 Å². The van der Waals surface area contributed by atoms with Gasteiger partial charge in [0.15, 0.2) is 6.23 Å². The average molecular weight is 415 g/mol. The van der Waals surface area contributed by atoms with E-state index in [9.17, 15) is 24.6 Å². The van der Waals surface area contributed by atoms with Crippen molar-refractivity contribution in [3.8, 4) is 0 Å². The number of ether oxygens (including phenoxy) is 2. The maximum Gasteiger partial charge on any atom is 0.319 e. The summed E-state index contributed by atoms with van der Waals surface area (Å²) in [6.07, 6.45) is -4.23. The first-order valence-corrected chi connectivity index (χ1v) is 10.2. The van der Waals surface area contributed by atoms with Crippen molar-refractivity contribution in [2.24, 2.45) is 16.2 Å². The number of rotatable bonds is 2. The van der Waals surface area contributed by atoms with Crippen LogP contribution in [0.15, 0.2) is 30.3 Å². The molecule has 3 saturated heterocycles. The molecule has 1 amide bonds. The van der Waals surface area contributed by atoms with Gasteiger partial charge in [0, 0.05) is 13.0 Å². The molecule has 2 N–H and O–H groups in total. The maximum atomic E-state index is 13.3. The monoisotopic (exact) mass is 415 g/mol. The Morgan fingerprint density at radius 2 is 1.80 bits per heavy atom. The zero-order chi connectivity index (χ0) is 21.7. The first-order valence-electron chi connectivity index (χ1n) is 10.2. The minimum Gasteiger partial charge on any atom is -0.461 e. The zero-order valence-corrected chi connectivity index (χ0v) is 17.1. The first kappa shape index (κ1) is 19.5. The molecule has 2 spiro atoms. The molecule has 8 nitrogen and oxygen atoms in total. The molecule has 4 fully saturated rings. The first-order chi connectivity index (χ1) is 14.0. The number of nitrogens with zero attached hydrogens (tertiary/aromatic N) is 1. The summed E-state index contributed by atoms with van der Waals surface area (Å²) >= 11 is 0. The van der Waals surface area contributed by atoms with E-state index >= 15 is 0 Å². The van der Waals surface area contributed by atoms with Crippen molar-refractivity contribution in [2.75, 3.05) is 0 Å². The summed E-state index contributed by atoms with van der Waals surface area (Å²) in [5.74, 6) is -1.92. The van der Waals surface area contributed by atoms with E-state index in [1.54, 1.807) is 20.8 Å². The summed E-state index contributed by atoms with van der Waals surface area (Å²) in [6.45, 7) is 5.46. The summed E-state index contributed by atoms with van der Waals surface area (Å²) in [4.78, 5) is 40.1. The molecule has 160 valence electrons. The van der Waals surface area contributed by atoms with Gasteiger partial charge in [0.05, 0.1) is 12.0 Å². The minimum absolute atomic E-state index is 0.0443. The molecule has 3 aliphatic heterocycles. The van der Waals surface area contributed by atoms with Crippen LogP contribution in [-0.2, 0) is 30.4 Å². The van der Waals surface area contributed by atoms with Gasteiger partial charge in [-0.25, -0.2) is 0 Å². The molecule has 6 atom stereocenters. The lowest BCUT2D eigenvalue weighted by atomic mass is 9.52. The van der Waals surface area contributed by atoms with Crippen molar-refractivity contribution in [2.45, 2.75) is 64.2 Å². The molecule has 1 aliphatic carbocycles. The molecule has 0 unspecified atom stereocenters. The lowest BCUT2D eigenvalue weighted by Crippen LogP contribution is -2.65. The lowest BCUT2D eigenvalue weighted by molar-refractivity contribution is -0.212. The highest BCUT2D eigenvalue weighted by molar-refractivity contribution is 5.96. The van der Waals surface area contributed by atoms with Crippen LogP contribution in [0.2, 0.25) is 0 Å². The van der Waals surface area contributed by atoms with E-state index in [2.05, 4.69) is 0 Å². The normalized spacial score (nSPS) is 42.1. The SMILES string of the molecule is CC(C)(C)[C@]1(O)C[C@@H]2OC(=O)C[C@@]23C(=O)O[C@@H]2N(Cc4ccccc4)C(=O)[C@H](O)[C@]213. The summed E-state index contributed by atoms with van der Waals surface area (Å²) in [5.41, 5.74) is -5.05. The fourth-order valence-electron chi connectivity index (χ4n) is 6.42. The summed E-state index contributed by atoms with van der Waals surface area (Å²) in [7, 11) is 0. The maximum absolute atomic E-state index is 13.3.